The van der Waals surface area contributed by atoms with E-state index in [2.05, 4.69) is 16.4 Å². The van der Waals surface area contributed by atoms with Crippen LogP contribution in [0.1, 0.15) is 31.4 Å². The molecule has 1 amide bonds. The van der Waals surface area contributed by atoms with Crippen molar-refractivity contribution in [1.82, 2.24) is 4.98 Å². The van der Waals surface area contributed by atoms with Gasteiger partial charge in [0.2, 0.25) is 5.91 Å². The van der Waals surface area contributed by atoms with E-state index in [-0.39, 0.29) is 5.91 Å². The maximum Gasteiger partial charge on any atom is 0.248 e. The predicted octanol–water partition coefficient (Wildman–Crippen LogP) is 4.77. The average molecular weight is 324 g/mol. The minimum absolute atomic E-state index is 0.130. The Balaban J connectivity index is 1.65. The summed E-state index contributed by atoms with van der Waals surface area (Å²) in [7, 11) is 0. The molecule has 1 aromatic carbocycles. The standard InChI is InChI=1S/C19H20N2OS/c22-19(13-12-15-7-5-6-14-20-15)21-17-10-3-4-11-18(17)23-16-8-1-2-9-16/h3-7,10-14,16H,1-2,8-9H2,(H,21,22)/b13-12+. The molecule has 118 valence electrons. The van der Waals surface area contributed by atoms with Crippen LogP contribution in [0.5, 0.6) is 0 Å². The highest BCUT2D eigenvalue weighted by molar-refractivity contribution is 8.00. The number of rotatable bonds is 5. The highest BCUT2D eigenvalue weighted by atomic mass is 32.2. The normalized spacial score (nSPS) is 15.1. The van der Waals surface area contributed by atoms with Gasteiger partial charge in [-0.25, -0.2) is 0 Å². The van der Waals surface area contributed by atoms with Crippen molar-refractivity contribution in [2.45, 2.75) is 35.8 Å². The lowest BCUT2D eigenvalue weighted by atomic mass is 10.3. The van der Waals surface area contributed by atoms with E-state index in [1.165, 1.54) is 31.8 Å². The quantitative estimate of drug-likeness (QED) is 0.806. The van der Waals surface area contributed by atoms with Gasteiger partial charge in [0, 0.05) is 22.4 Å². The van der Waals surface area contributed by atoms with Crippen LogP contribution >= 0.6 is 11.8 Å². The molecule has 2 aromatic rings. The second-order valence-electron chi connectivity index (χ2n) is 5.60. The highest BCUT2D eigenvalue weighted by Gasteiger charge is 2.17. The smallest absolute Gasteiger partial charge is 0.248 e. The lowest BCUT2D eigenvalue weighted by molar-refractivity contribution is -0.111. The van der Waals surface area contributed by atoms with Crippen LogP contribution in [0.15, 0.2) is 59.6 Å². The summed E-state index contributed by atoms with van der Waals surface area (Å²) in [6.07, 6.45) is 10.1. The van der Waals surface area contributed by atoms with Crippen molar-refractivity contribution in [3.8, 4) is 0 Å². The first-order chi connectivity index (χ1) is 11.3. The van der Waals surface area contributed by atoms with Crippen molar-refractivity contribution < 1.29 is 4.79 Å². The second-order valence-corrected chi connectivity index (χ2v) is 6.94. The summed E-state index contributed by atoms with van der Waals surface area (Å²) < 4.78 is 0. The number of para-hydroxylation sites is 1. The van der Waals surface area contributed by atoms with Crippen LogP contribution in [-0.4, -0.2) is 16.1 Å². The first-order valence-electron chi connectivity index (χ1n) is 7.97. The summed E-state index contributed by atoms with van der Waals surface area (Å²) in [5.41, 5.74) is 1.66. The van der Waals surface area contributed by atoms with Crippen molar-refractivity contribution in [1.29, 1.82) is 0 Å². The van der Waals surface area contributed by atoms with Crippen molar-refractivity contribution in [2.75, 3.05) is 5.32 Å². The zero-order valence-corrected chi connectivity index (χ0v) is 13.8. The molecule has 0 bridgehead atoms. The summed E-state index contributed by atoms with van der Waals surface area (Å²) in [4.78, 5) is 17.5. The van der Waals surface area contributed by atoms with Gasteiger partial charge in [-0.15, -0.1) is 11.8 Å². The molecule has 0 saturated heterocycles. The zero-order chi connectivity index (χ0) is 15.9. The molecule has 23 heavy (non-hydrogen) atoms. The molecule has 3 nitrogen and oxygen atoms in total. The third kappa shape index (κ3) is 4.70. The number of hydrogen-bond acceptors (Lipinski definition) is 3. The van der Waals surface area contributed by atoms with E-state index in [1.54, 1.807) is 12.3 Å². The Kier molecular flexibility index (Phi) is 5.48. The number of pyridine rings is 1. The van der Waals surface area contributed by atoms with Crippen molar-refractivity contribution in [3.05, 3.63) is 60.4 Å². The molecule has 1 aromatic heterocycles. The monoisotopic (exact) mass is 324 g/mol. The van der Waals surface area contributed by atoms with E-state index in [4.69, 9.17) is 0 Å². The van der Waals surface area contributed by atoms with Crippen LogP contribution in [0.2, 0.25) is 0 Å². The number of benzene rings is 1. The highest BCUT2D eigenvalue weighted by Crippen LogP contribution is 2.37. The molecule has 0 unspecified atom stereocenters. The van der Waals surface area contributed by atoms with E-state index < -0.39 is 0 Å². The summed E-state index contributed by atoms with van der Waals surface area (Å²) in [6.45, 7) is 0. The first kappa shape index (κ1) is 15.8. The minimum atomic E-state index is -0.130. The third-order valence-electron chi connectivity index (χ3n) is 3.83. The fraction of sp³-hybridized carbons (Fsp3) is 0.263. The Morgan fingerprint density at radius 1 is 1.13 bits per heavy atom. The molecule has 0 aliphatic heterocycles. The van der Waals surface area contributed by atoms with Crippen molar-refractivity contribution >= 4 is 29.4 Å². The Morgan fingerprint density at radius 3 is 2.70 bits per heavy atom. The summed E-state index contributed by atoms with van der Waals surface area (Å²) in [5.74, 6) is -0.130. The fourth-order valence-electron chi connectivity index (χ4n) is 2.67. The van der Waals surface area contributed by atoms with Gasteiger partial charge in [-0.3, -0.25) is 9.78 Å². The van der Waals surface area contributed by atoms with Crippen molar-refractivity contribution in [3.63, 3.8) is 0 Å². The Morgan fingerprint density at radius 2 is 1.91 bits per heavy atom. The zero-order valence-electron chi connectivity index (χ0n) is 12.9. The number of carbonyl (C=O) groups is 1. The molecule has 1 aliphatic rings. The first-order valence-corrected chi connectivity index (χ1v) is 8.85. The molecule has 1 N–H and O–H groups in total. The molecular weight excluding hydrogens is 304 g/mol. The Hall–Kier alpha value is -2.07. The van der Waals surface area contributed by atoms with Crippen LogP contribution in [0.4, 0.5) is 5.69 Å². The van der Waals surface area contributed by atoms with Gasteiger partial charge < -0.3 is 5.32 Å². The van der Waals surface area contributed by atoms with Crippen molar-refractivity contribution in [2.24, 2.45) is 0 Å². The molecule has 0 radical (unpaired) electrons. The molecule has 0 atom stereocenters. The molecule has 3 rings (SSSR count). The lowest BCUT2D eigenvalue weighted by Gasteiger charge is -2.13. The summed E-state index contributed by atoms with van der Waals surface area (Å²) in [5, 5.41) is 3.66. The molecule has 1 fully saturated rings. The van der Waals surface area contributed by atoms with Gasteiger partial charge in [0.1, 0.15) is 0 Å². The van der Waals surface area contributed by atoms with Gasteiger partial charge in [-0.1, -0.05) is 31.0 Å². The van der Waals surface area contributed by atoms with Gasteiger partial charge in [-0.05, 0) is 43.2 Å². The number of nitrogens with one attached hydrogen (secondary N) is 1. The average Bonchev–Trinajstić information content (AvgIpc) is 3.09. The molecule has 1 heterocycles. The number of amides is 1. The van der Waals surface area contributed by atoms with Gasteiger partial charge >= 0.3 is 0 Å². The number of nitrogens with zero attached hydrogens (tertiary/aromatic N) is 1. The number of aromatic nitrogens is 1. The maximum atomic E-state index is 12.1. The van der Waals surface area contributed by atoms with Crippen LogP contribution in [0.3, 0.4) is 0 Å². The van der Waals surface area contributed by atoms with Gasteiger partial charge in [-0.2, -0.15) is 0 Å². The Labute approximate surface area is 141 Å². The van der Waals surface area contributed by atoms with E-state index in [0.29, 0.717) is 5.25 Å². The summed E-state index contributed by atoms with van der Waals surface area (Å²) >= 11 is 1.88. The van der Waals surface area contributed by atoms with Gasteiger partial charge in [0.15, 0.2) is 0 Å². The number of thioether (sulfide) groups is 1. The molecule has 4 heteroatoms. The van der Waals surface area contributed by atoms with Crippen LogP contribution in [-0.2, 0) is 4.79 Å². The molecule has 1 aliphatic carbocycles. The Bertz CT molecular complexity index is 679. The van der Waals surface area contributed by atoms with E-state index in [9.17, 15) is 4.79 Å². The lowest BCUT2D eigenvalue weighted by Crippen LogP contribution is -2.09. The predicted molar refractivity (Wildman–Crippen MR) is 96.5 cm³/mol. The van der Waals surface area contributed by atoms with E-state index in [0.717, 1.165) is 16.3 Å². The van der Waals surface area contributed by atoms with E-state index >= 15 is 0 Å². The number of anilines is 1. The van der Waals surface area contributed by atoms with E-state index in [1.807, 2.05) is 48.2 Å². The minimum Gasteiger partial charge on any atom is -0.321 e. The molecule has 0 spiro atoms. The molecule has 1 saturated carbocycles. The fourth-order valence-corrected chi connectivity index (χ4v) is 4.00. The van der Waals surface area contributed by atoms with Gasteiger partial charge in [0.05, 0.1) is 11.4 Å². The summed E-state index contributed by atoms with van der Waals surface area (Å²) in [6, 6.07) is 13.7. The topological polar surface area (TPSA) is 42.0 Å². The molecular formula is C19H20N2OS. The van der Waals surface area contributed by atoms with Crippen LogP contribution in [0, 0.1) is 0 Å². The number of hydrogen-bond donors (Lipinski definition) is 1. The van der Waals surface area contributed by atoms with Crippen LogP contribution in [0.25, 0.3) is 6.08 Å². The SMILES string of the molecule is O=C(/C=C/c1ccccn1)Nc1ccccc1SC1CCCC1. The maximum absolute atomic E-state index is 12.1. The number of carbonyl (C=O) groups excluding carboxylic acids is 1. The largest absolute Gasteiger partial charge is 0.321 e. The van der Waals surface area contributed by atoms with Gasteiger partial charge in [0.25, 0.3) is 0 Å². The van der Waals surface area contributed by atoms with Crippen LogP contribution < -0.4 is 5.32 Å². The third-order valence-corrected chi connectivity index (χ3v) is 5.25. The second kappa shape index (κ2) is 7.97.